The molecule has 0 aliphatic heterocycles. The Kier molecular flexibility index (Phi) is 3.42. The SMILES string of the molecule is O=c1c(I)c(Cl)ncn1Cc1cccs1. The van der Waals surface area contributed by atoms with Crippen LogP contribution in [0.25, 0.3) is 0 Å². The maximum atomic E-state index is 11.8. The van der Waals surface area contributed by atoms with Crippen molar-refractivity contribution < 1.29 is 0 Å². The number of aromatic nitrogens is 2. The predicted octanol–water partition coefficient (Wildman–Crippen LogP) is 2.61. The van der Waals surface area contributed by atoms with Crippen molar-refractivity contribution in [1.29, 1.82) is 0 Å². The van der Waals surface area contributed by atoms with E-state index in [2.05, 4.69) is 4.98 Å². The molecule has 0 saturated heterocycles. The molecule has 0 unspecified atom stereocenters. The first-order chi connectivity index (χ1) is 7.18. The van der Waals surface area contributed by atoms with Crippen molar-refractivity contribution in [1.82, 2.24) is 9.55 Å². The summed E-state index contributed by atoms with van der Waals surface area (Å²) >= 11 is 9.26. The Morgan fingerprint density at radius 3 is 3.07 bits per heavy atom. The fourth-order valence-corrected chi connectivity index (χ4v) is 2.40. The van der Waals surface area contributed by atoms with Crippen LogP contribution >= 0.6 is 45.5 Å². The Morgan fingerprint density at radius 1 is 1.60 bits per heavy atom. The van der Waals surface area contributed by atoms with E-state index in [9.17, 15) is 4.79 Å². The highest BCUT2D eigenvalue weighted by Crippen LogP contribution is 2.12. The molecule has 78 valence electrons. The van der Waals surface area contributed by atoms with Crippen molar-refractivity contribution in [2.45, 2.75) is 6.54 Å². The van der Waals surface area contributed by atoms with Crippen molar-refractivity contribution in [2.75, 3.05) is 0 Å². The highest BCUT2D eigenvalue weighted by atomic mass is 127. The van der Waals surface area contributed by atoms with E-state index >= 15 is 0 Å². The zero-order valence-electron chi connectivity index (χ0n) is 7.48. The number of halogens is 2. The normalized spacial score (nSPS) is 10.5. The number of nitrogens with zero attached hydrogens (tertiary/aromatic N) is 2. The Hall–Kier alpha value is -0.400. The van der Waals surface area contributed by atoms with Crippen molar-refractivity contribution in [3.05, 3.63) is 47.8 Å². The van der Waals surface area contributed by atoms with E-state index in [4.69, 9.17) is 11.6 Å². The van der Waals surface area contributed by atoms with Gasteiger partial charge in [-0.15, -0.1) is 11.3 Å². The van der Waals surface area contributed by atoms with Gasteiger partial charge in [0.05, 0.1) is 12.9 Å². The van der Waals surface area contributed by atoms with Crippen LogP contribution < -0.4 is 5.56 Å². The van der Waals surface area contributed by atoms with Gasteiger partial charge >= 0.3 is 0 Å². The molecule has 0 amide bonds. The third-order valence-corrected chi connectivity index (χ3v) is 4.29. The lowest BCUT2D eigenvalue weighted by Crippen LogP contribution is -2.23. The van der Waals surface area contributed by atoms with Crippen LogP contribution in [0.3, 0.4) is 0 Å². The van der Waals surface area contributed by atoms with E-state index in [0.717, 1.165) is 4.88 Å². The van der Waals surface area contributed by atoms with Gasteiger partial charge in [-0.3, -0.25) is 9.36 Å². The second kappa shape index (κ2) is 4.63. The molecule has 2 heterocycles. The van der Waals surface area contributed by atoms with Crippen LogP contribution in [0.15, 0.2) is 28.6 Å². The van der Waals surface area contributed by atoms with Gasteiger partial charge < -0.3 is 0 Å². The first kappa shape index (κ1) is 11.1. The zero-order valence-corrected chi connectivity index (χ0v) is 11.2. The molecule has 2 rings (SSSR count). The van der Waals surface area contributed by atoms with E-state index in [0.29, 0.717) is 10.1 Å². The molecule has 0 aliphatic rings. The lowest BCUT2D eigenvalue weighted by atomic mass is 10.4. The Balaban J connectivity index is 2.38. The van der Waals surface area contributed by atoms with Crippen LogP contribution in [0.4, 0.5) is 0 Å². The van der Waals surface area contributed by atoms with Gasteiger partial charge in [0.2, 0.25) is 0 Å². The molecular weight excluding hydrogens is 347 g/mol. The average Bonchev–Trinajstić information content (AvgIpc) is 2.72. The van der Waals surface area contributed by atoms with Crippen LogP contribution in [0, 0.1) is 3.57 Å². The van der Waals surface area contributed by atoms with Crippen LogP contribution in [0.1, 0.15) is 4.88 Å². The van der Waals surface area contributed by atoms with Crippen LogP contribution in [-0.2, 0) is 6.54 Å². The number of hydrogen-bond donors (Lipinski definition) is 0. The summed E-state index contributed by atoms with van der Waals surface area (Å²) in [7, 11) is 0. The number of hydrogen-bond acceptors (Lipinski definition) is 3. The third-order valence-electron chi connectivity index (χ3n) is 1.85. The monoisotopic (exact) mass is 352 g/mol. The van der Waals surface area contributed by atoms with Crippen molar-refractivity contribution in [3.8, 4) is 0 Å². The maximum absolute atomic E-state index is 11.8. The van der Waals surface area contributed by atoms with Crippen molar-refractivity contribution >= 4 is 45.5 Å². The van der Waals surface area contributed by atoms with Crippen LogP contribution in [0.5, 0.6) is 0 Å². The van der Waals surface area contributed by atoms with Crippen LogP contribution in [0.2, 0.25) is 5.15 Å². The molecule has 0 saturated carbocycles. The number of rotatable bonds is 2. The molecule has 2 aromatic heterocycles. The first-order valence-corrected chi connectivity index (χ1v) is 6.45. The highest BCUT2D eigenvalue weighted by Gasteiger charge is 2.07. The van der Waals surface area contributed by atoms with Gasteiger partial charge in [-0.25, -0.2) is 4.98 Å². The first-order valence-electron chi connectivity index (χ1n) is 4.11. The van der Waals surface area contributed by atoms with Crippen LogP contribution in [-0.4, -0.2) is 9.55 Å². The average molecular weight is 353 g/mol. The Morgan fingerprint density at radius 2 is 2.40 bits per heavy atom. The molecule has 0 bridgehead atoms. The van der Waals surface area contributed by atoms with Gasteiger partial charge in [-0.2, -0.15) is 0 Å². The van der Waals surface area contributed by atoms with E-state index in [1.807, 2.05) is 40.1 Å². The molecule has 3 nitrogen and oxygen atoms in total. The molecule has 2 aromatic rings. The van der Waals surface area contributed by atoms with Gasteiger partial charge in [0.15, 0.2) is 0 Å². The third kappa shape index (κ3) is 2.40. The highest BCUT2D eigenvalue weighted by molar-refractivity contribution is 14.1. The van der Waals surface area contributed by atoms with Gasteiger partial charge in [0.1, 0.15) is 8.72 Å². The molecule has 15 heavy (non-hydrogen) atoms. The molecule has 0 fully saturated rings. The van der Waals surface area contributed by atoms with E-state index in [1.165, 1.54) is 6.33 Å². The van der Waals surface area contributed by atoms with Crippen molar-refractivity contribution in [2.24, 2.45) is 0 Å². The molecule has 0 radical (unpaired) electrons. The smallest absolute Gasteiger partial charge is 0.268 e. The molecule has 0 N–H and O–H groups in total. The summed E-state index contributed by atoms with van der Waals surface area (Å²) in [4.78, 5) is 16.8. The summed E-state index contributed by atoms with van der Waals surface area (Å²) in [5.74, 6) is 0. The minimum Gasteiger partial charge on any atom is -0.293 e. The fourth-order valence-electron chi connectivity index (χ4n) is 1.13. The van der Waals surface area contributed by atoms with E-state index in [1.54, 1.807) is 15.9 Å². The molecule has 0 aliphatic carbocycles. The molecule has 0 spiro atoms. The predicted molar refractivity (Wildman–Crippen MR) is 69.6 cm³/mol. The summed E-state index contributed by atoms with van der Waals surface area (Å²) in [5, 5.41) is 2.25. The zero-order chi connectivity index (χ0) is 10.8. The lowest BCUT2D eigenvalue weighted by molar-refractivity contribution is 0.739. The van der Waals surface area contributed by atoms with Gasteiger partial charge in [-0.1, -0.05) is 17.7 Å². The summed E-state index contributed by atoms with van der Waals surface area (Å²) in [6, 6.07) is 3.94. The molecule has 6 heteroatoms. The summed E-state index contributed by atoms with van der Waals surface area (Å²) in [6.07, 6.45) is 1.48. The van der Waals surface area contributed by atoms with E-state index in [-0.39, 0.29) is 10.7 Å². The minimum absolute atomic E-state index is 0.0935. The standard InChI is InChI=1S/C9H6ClIN2OS/c10-8-7(11)9(14)13(5-12-8)4-6-2-1-3-15-6/h1-3,5H,4H2. The second-order valence-corrected chi connectivity index (χ2v) is 5.33. The Bertz CT molecular complexity index is 523. The van der Waals surface area contributed by atoms with Gasteiger partial charge in [-0.05, 0) is 34.0 Å². The molecular formula is C9H6ClIN2OS. The fraction of sp³-hybridized carbons (Fsp3) is 0.111. The van der Waals surface area contributed by atoms with E-state index < -0.39 is 0 Å². The quantitative estimate of drug-likeness (QED) is 0.615. The topological polar surface area (TPSA) is 34.9 Å². The Labute approximate surface area is 109 Å². The van der Waals surface area contributed by atoms with Crippen molar-refractivity contribution in [3.63, 3.8) is 0 Å². The largest absolute Gasteiger partial charge is 0.293 e. The molecule has 0 atom stereocenters. The second-order valence-electron chi connectivity index (χ2n) is 2.86. The lowest BCUT2D eigenvalue weighted by Gasteiger charge is -2.03. The maximum Gasteiger partial charge on any atom is 0.268 e. The summed E-state index contributed by atoms with van der Waals surface area (Å²) < 4.78 is 2.02. The van der Waals surface area contributed by atoms with Gasteiger partial charge in [0.25, 0.3) is 5.56 Å². The number of thiophene rings is 1. The molecule has 0 aromatic carbocycles. The van der Waals surface area contributed by atoms with Gasteiger partial charge in [0, 0.05) is 4.88 Å². The summed E-state index contributed by atoms with van der Waals surface area (Å²) in [6.45, 7) is 0.552. The minimum atomic E-state index is -0.0935. The summed E-state index contributed by atoms with van der Waals surface area (Å²) in [5.41, 5.74) is -0.0935.